The number of aryl methyl sites for hydroxylation is 2. The number of rotatable bonds is 4. The molecule has 120 valence electrons. The van der Waals surface area contributed by atoms with Gasteiger partial charge in [-0.1, -0.05) is 60.1 Å². The summed E-state index contributed by atoms with van der Waals surface area (Å²) in [6, 6.07) is 24.1. The van der Waals surface area contributed by atoms with Gasteiger partial charge in [0.05, 0.1) is 11.4 Å². The molecule has 0 heterocycles. The van der Waals surface area contributed by atoms with Crippen molar-refractivity contribution in [2.75, 3.05) is 5.43 Å². The van der Waals surface area contributed by atoms with Gasteiger partial charge >= 0.3 is 0 Å². The highest BCUT2D eigenvalue weighted by Crippen LogP contribution is 2.17. The van der Waals surface area contributed by atoms with Crippen LogP contribution in [0.4, 0.5) is 5.69 Å². The van der Waals surface area contributed by atoms with Crippen molar-refractivity contribution in [2.24, 2.45) is 5.10 Å². The van der Waals surface area contributed by atoms with Gasteiger partial charge in [0.1, 0.15) is 0 Å². The third-order valence-corrected chi connectivity index (χ3v) is 4.22. The van der Waals surface area contributed by atoms with Gasteiger partial charge in [0.25, 0.3) is 0 Å². The number of hydrazone groups is 1. The van der Waals surface area contributed by atoms with Gasteiger partial charge in [-0.05, 0) is 49.2 Å². The molecule has 3 aromatic carbocycles. The quantitative estimate of drug-likeness (QED) is 0.471. The van der Waals surface area contributed by atoms with E-state index in [0.29, 0.717) is 5.02 Å². The van der Waals surface area contributed by atoms with E-state index in [1.807, 2.05) is 48.5 Å². The second-order valence-electron chi connectivity index (χ2n) is 5.74. The first-order chi connectivity index (χ1) is 11.6. The summed E-state index contributed by atoms with van der Waals surface area (Å²) in [7, 11) is 0. The van der Waals surface area contributed by atoms with Crippen LogP contribution in [0.2, 0.25) is 5.02 Å². The zero-order valence-corrected chi connectivity index (χ0v) is 14.5. The summed E-state index contributed by atoms with van der Waals surface area (Å²) in [6.45, 7) is 4.20. The van der Waals surface area contributed by atoms with Crippen molar-refractivity contribution in [1.82, 2.24) is 0 Å². The Morgan fingerprint density at radius 3 is 2.12 bits per heavy atom. The molecule has 24 heavy (non-hydrogen) atoms. The molecule has 0 aliphatic rings. The summed E-state index contributed by atoms with van der Waals surface area (Å²) in [4.78, 5) is 0. The van der Waals surface area contributed by atoms with Crippen LogP contribution in [0.5, 0.6) is 0 Å². The minimum absolute atomic E-state index is 0.716. The highest BCUT2D eigenvalue weighted by Gasteiger charge is 2.07. The van der Waals surface area contributed by atoms with Crippen LogP contribution in [0.3, 0.4) is 0 Å². The molecule has 0 aromatic heterocycles. The van der Waals surface area contributed by atoms with Gasteiger partial charge in [-0.2, -0.15) is 5.10 Å². The topological polar surface area (TPSA) is 24.4 Å². The molecule has 0 aliphatic heterocycles. The molecule has 3 heteroatoms. The highest BCUT2D eigenvalue weighted by molar-refractivity contribution is 6.30. The Morgan fingerprint density at radius 2 is 1.46 bits per heavy atom. The molecular weight excluding hydrogens is 316 g/mol. The summed E-state index contributed by atoms with van der Waals surface area (Å²) < 4.78 is 0. The van der Waals surface area contributed by atoms with Crippen molar-refractivity contribution in [3.63, 3.8) is 0 Å². The van der Waals surface area contributed by atoms with E-state index in [1.54, 1.807) is 0 Å². The summed E-state index contributed by atoms with van der Waals surface area (Å²) >= 11 is 6.01. The summed E-state index contributed by atoms with van der Waals surface area (Å²) in [5.74, 6) is 0. The van der Waals surface area contributed by atoms with Crippen LogP contribution >= 0.6 is 11.6 Å². The fourth-order valence-corrected chi connectivity index (χ4v) is 2.56. The Labute approximate surface area is 147 Å². The van der Waals surface area contributed by atoms with Gasteiger partial charge in [-0.15, -0.1) is 0 Å². The fourth-order valence-electron chi connectivity index (χ4n) is 2.43. The minimum Gasteiger partial charge on any atom is -0.278 e. The molecule has 0 aliphatic carbocycles. The lowest BCUT2D eigenvalue weighted by atomic mass is 10.0. The first-order valence-corrected chi connectivity index (χ1v) is 8.23. The van der Waals surface area contributed by atoms with Crippen LogP contribution in [0, 0.1) is 13.8 Å². The Kier molecular flexibility index (Phi) is 4.97. The van der Waals surface area contributed by atoms with Gasteiger partial charge in [0.15, 0.2) is 0 Å². The molecule has 0 saturated carbocycles. The van der Waals surface area contributed by atoms with Crippen molar-refractivity contribution in [3.8, 4) is 0 Å². The molecule has 1 N–H and O–H groups in total. The lowest BCUT2D eigenvalue weighted by Crippen LogP contribution is -2.06. The van der Waals surface area contributed by atoms with Crippen molar-refractivity contribution in [1.29, 1.82) is 0 Å². The standard InChI is InChI=1S/C21H19ClN2/c1-15-8-13-20(14-16(15)2)23-24-21(17-6-4-3-5-7-17)18-9-11-19(22)12-10-18/h3-14,23H,1-2H3. The lowest BCUT2D eigenvalue weighted by Gasteiger charge is -2.10. The molecule has 2 nitrogen and oxygen atoms in total. The molecule has 3 rings (SSSR count). The predicted molar refractivity (Wildman–Crippen MR) is 103 cm³/mol. The molecule has 3 aromatic rings. The molecule has 0 spiro atoms. The number of benzene rings is 3. The third kappa shape index (κ3) is 3.84. The maximum atomic E-state index is 6.01. The smallest absolute Gasteiger partial charge is 0.0977 e. The number of halogens is 1. The summed E-state index contributed by atoms with van der Waals surface area (Å²) in [5.41, 5.74) is 9.61. The van der Waals surface area contributed by atoms with E-state index in [2.05, 4.69) is 48.6 Å². The average Bonchev–Trinajstić information content (AvgIpc) is 2.60. The molecule has 0 saturated heterocycles. The van der Waals surface area contributed by atoms with Gasteiger partial charge in [0.2, 0.25) is 0 Å². The molecule has 0 radical (unpaired) electrons. The van der Waals surface area contributed by atoms with E-state index >= 15 is 0 Å². The van der Waals surface area contributed by atoms with Crippen LogP contribution in [0.1, 0.15) is 22.3 Å². The van der Waals surface area contributed by atoms with Crippen LogP contribution in [-0.4, -0.2) is 5.71 Å². The number of nitrogens with zero attached hydrogens (tertiary/aromatic N) is 1. The fraction of sp³-hybridized carbons (Fsp3) is 0.0952. The van der Waals surface area contributed by atoms with Gasteiger partial charge in [0, 0.05) is 16.1 Å². The van der Waals surface area contributed by atoms with Gasteiger partial charge in [-0.3, -0.25) is 5.43 Å². The van der Waals surface area contributed by atoms with Crippen LogP contribution in [0.25, 0.3) is 0 Å². The first-order valence-electron chi connectivity index (χ1n) is 7.86. The maximum Gasteiger partial charge on any atom is 0.0977 e. The number of nitrogens with one attached hydrogen (secondary N) is 1. The summed E-state index contributed by atoms with van der Waals surface area (Å²) in [5, 5.41) is 5.37. The van der Waals surface area contributed by atoms with Crippen molar-refractivity contribution in [3.05, 3.63) is 100 Å². The van der Waals surface area contributed by atoms with E-state index in [1.165, 1.54) is 11.1 Å². The number of hydrogen-bond donors (Lipinski definition) is 1. The van der Waals surface area contributed by atoms with E-state index in [9.17, 15) is 0 Å². The van der Waals surface area contributed by atoms with Crippen molar-refractivity contribution >= 4 is 23.0 Å². The molecule has 0 unspecified atom stereocenters. The molecule has 0 bridgehead atoms. The Morgan fingerprint density at radius 1 is 0.792 bits per heavy atom. The normalized spacial score (nSPS) is 11.4. The van der Waals surface area contributed by atoms with Crippen molar-refractivity contribution < 1.29 is 0 Å². The Hall–Kier alpha value is -2.58. The van der Waals surface area contributed by atoms with E-state index in [-0.39, 0.29) is 0 Å². The monoisotopic (exact) mass is 334 g/mol. The van der Waals surface area contributed by atoms with Crippen LogP contribution < -0.4 is 5.43 Å². The second-order valence-corrected chi connectivity index (χ2v) is 6.18. The van der Waals surface area contributed by atoms with Gasteiger partial charge in [-0.25, -0.2) is 0 Å². The molecule has 0 amide bonds. The molecule has 0 atom stereocenters. The minimum atomic E-state index is 0.716. The zero-order valence-electron chi connectivity index (χ0n) is 13.8. The van der Waals surface area contributed by atoms with Gasteiger partial charge < -0.3 is 0 Å². The zero-order chi connectivity index (χ0) is 16.9. The Balaban J connectivity index is 1.97. The Bertz CT molecular complexity index is 853. The maximum absolute atomic E-state index is 6.01. The second kappa shape index (κ2) is 7.33. The van der Waals surface area contributed by atoms with E-state index in [4.69, 9.17) is 11.6 Å². The largest absolute Gasteiger partial charge is 0.278 e. The lowest BCUT2D eigenvalue weighted by molar-refractivity contribution is 1.28. The summed E-state index contributed by atoms with van der Waals surface area (Å²) in [6.07, 6.45) is 0. The molecule has 0 fully saturated rings. The SMILES string of the molecule is Cc1ccc(NN=C(c2ccccc2)c2ccc(Cl)cc2)cc1C. The predicted octanol–water partition coefficient (Wildman–Crippen LogP) is 5.82. The third-order valence-electron chi connectivity index (χ3n) is 3.97. The number of hydrogen-bond acceptors (Lipinski definition) is 2. The molecular formula is C21H19ClN2. The van der Waals surface area contributed by atoms with Crippen molar-refractivity contribution in [2.45, 2.75) is 13.8 Å². The highest BCUT2D eigenvalue weighted by atomic mass is 35.5. The van der Waals surface area contributed by atoms with Crippen LogP contribution in [0.15, 0.2) is 77.9 Å². The average molecular weight is 335 g/mol. The first kappa shape index (κ1) is 16.3. The number of anilines is 1. The van der Waals surface area contributed by atoms with Crippen LogP contribution in [-0.2, 0) is 0 Å². The van der Waals surface area contributed by atoms with E-state index < -0.39 is 0 Å². The van der Waals surface area contributed by atoms with E-state index in [0.717, 1.165) is 22.5 Å².